The van der Waals surface area contributed by atoms with E-state index in [1.165, 1.54) is 18.0 Å². The van der Waals surface area contributed by atoms with Crippen molar-refractivity contribution < 1.29 is 14.0 Å². The summed E-state index contributed by atoms with van der Waals surface area (Å²) in [5, 5.41) is 0. The number of benzene rings is 1. The lowest BCUT2D eigenvalue weighted by atomic mass is 10.1. The first-order chi connectivity index (χ1) is 9.90. The summed E-state index contributed by atoms with van der Waals surface area (Å²) < 4.78 is 13.6. The molecule has 1 saturated heterocycles. The van der Waals surface area contributed by atoms with E-state index < -0.39 is 11.7 Å². The maximum absolute atomic E-state index is 13.6. The van der Waals surface area contributed by atoms with Gasteiger partial charge in [-0.2, -0.15) is 0 Å². The summed E-state index contributed by atoms with van der Waals surface area (Å²) in [6, 6.07) is 2.60. The van der Waals surface area contributed by atoms with E-state index in [-0.39, 0.29) is 23.7 Å². The van der Waals surface area contributed by atoms with Gasteiger partial charge in [-0.05, 0) is 31.9 Å². The molecule has 1 aromatic carbocycles. The largest absolute Gasteiger partial charge is 0.398 e. The summed E-state index contributed by atoms with van der Waals surface area (Å²) >= 11 is 0. The molecule has 1 aromatic rings. The lowest BCUT2D eigenvalue weighted by Crippen LogP contribution is -2.39. The lowest BCUT2D eigenvalue weighted by Gasteiger charge is -2.21. The van der Waals surface area contributed by atoms with Crippen molar-refractivity contribution in [2.45, 2.75) is 19.8 Å². The van der Waals surface area contributed by atoms with Gasteiger partial charge in [0.15, 0.2) is 0 Å². The van der Waals surface area contributed by atoms with Crippen LogP contribution in [0.4, 0.5) is 10.1 Å². The van der Waals surface area contributed by atoms with E-state index in [1.54, 1.807) is 11.8 Å². The number of hydrogen-bond acceptors (Lipinski definition) is 3. The Kier molecular flexibility index (Phi) is 4.45. The molecule has 1 heterocycles. The topological polar surface area (TPSA) is 66.6 Å². The fraction of sp³-hybridized carbons (Fsp3) is 0.467. The molecule has 6 heteroatoms. The van der Waals surface area contributed by atoms with Crippen LogP contribution in [0.2, 0.25) is 0 Å². The van der Waals surface area contributed by atoms with Gasteiger partial charge < -0.3 is 15.5 Å². The number of likely N-dealkylation sites (tertiary alicyclic amines) is 1. The van der Waals surface area contributed by atoms with E-state index >= 15 is 0 Å². The first kappa shape index (κ1) is 15.3. The van der Waals surface area contributed by atoms with Gasteiger partial charge in [-0.3, -0.25) is 9.59 Å². The van der Waals surface area contributed by atoms with Gasteiger partial charge >= 0.3 is 0 Å². The van der Waals surface area contributed by atoms with E-state index in [4.69, 9.17) is 5.73 Å². The second-order valence-corrected chi connectivity index (χ2v) is 5.42. The normalized spacial score (nSPS) is 14.3. The minimum atomic E-state index is -0.516. The van der Waals surface area contributed by atoms with Crippen molar-refractivity contribution in [2.75, 3.05) is 32.4 Å². The van der Waals surface area contributed by atoms with Crippen molar-refractivity contribution in [1.82, 2.24) is 9.80 Å². The number of hydrogen-bond donors (Lipinski definition) is 1. The molecule has 0 aromatic heterocycles. The summed E-state index contributed by atoms with van der Waals surface area (Å²) in [5.74, 6) is -1.00. The van der Waals surface area contributed by atoms with Crippen molar-refractivity contribution in [2.24, 2.45) is 0 Å². The molecule has 114 valence electrons. The van der Waals surface area contributed by atoms with Crippen LogP contribution in [0.15, 0.2) is 12.1 Å². The highest BCUT2D eigenvalue weighted by molar-refractivity contribution is 5.97. The number of nitrogens with zero attached hydrogens (tertiary/aromatic N) is 2. The molecule has 0 radical (unpaired) electrons. The number of nitrogen functional groups attached to an aromatic ring is 1. The maximum Gasteiger partial charge on any atom is 0.254 e. The quantitative estimate of drug-likeness (QED) is 0.857. The molecular weight excluding hydrogens is 273 g/mol. The van der Waals surface area contributed by atoms with Crippen LogP contribution < -0.4 is 5.73 Å². The predicted molar refractivity (Wildman–Crippen MR) is 78.3 cm³/mol. The summed E-state index contributed by atoms with van der Waals surface area (Å²) in [6.45, 7) is 3.04. The number of rotatable bonds is 3. The van der Waals surface area contributed by atoms with E-state index in [0.717, 1.165) is 32.0 Å². The van der Waals surface area contributed by atoms with Crippen LogP contribution in [0.25, 0.3) is 0 Å². The van der Waals surface area contributed by atoms with Crippen LogP contribution in [-0.2, 0) is 4.79 Å². The number of anilines is 1. The van der Waals surface area contributed by atoms with E-state index in [9.17, 15) is 14.0 Å². The number of nitrogens with two attached hydrogens (primary N) is 1. The van der Waals surface area contributed by atoms with E-state index in [1.807, 2.05) is 0 Å². The summed E-state index contributed by atoms with van der Waals surface area (Å²) in [4.78, 5) is 27.3. The third-order valence-electron chi connectivity index (χ3n) is 3.81. The second kappa shape index (κ2) is 6.11. The molecule has 0 unspecified atom stereocenters. The monoisotopic (exact) mass is 293 g/mol. The molecule has 0 aliphatic carbocycles. The minimum Gasteiger partial charge on any atom is -0.398 e. The first-order valence-corrected chi connectivity index (χ1v) is 6.99. The van der Waals surface area contributed by atoms with Crippen LogP contribution in [-0.4, -0.2) is 48.3 Å². The Labute approximate surface area is 123 Å². The zero-order valence-corrected chi connectivity index (χ0v) is 12.4. The van der Waals surface area contributed by atoms with Gasteiger partial charge in [0.25, 0.3) is 5.91 Å². The molecule has 2 amide bonds. The highest BCUT2D eigenvalue weighted by Gasteiger charge is 2.22. The maximum atomic E-state index is 13.6. The first-order valence-electron chi connectivity index (χ1n) is 6.99. The van der Waals surface area contributed by atoms with Crippen molar-refractivity contribution >= 4 is 17.5 Å². The van der Waals surface area contributed by atoms with Crippen LogP contribution in [0.1, 0.15) is 28.8 Å². The van der Waals surface area contributed by atoms with Gasteiger partial charge in [-0.15, -0.1) is 0 Å². The van der Waals surface area contributed by atoms with Gasteiger partial charge in [0, 0.05) is 37.0 Å². The zero-order chi connectivity index (χ0) is 15.6. The summed E-state index contributed by atoms with van der Waals surface area (Å²) in [7, 11) is 1.53. The summed E-state index contributed by atoms with van der Waals surface area (Å²) in [5.41, 5.74) is 6.39. The molecule has 1 aliphatic rings. The third kappa shape index (κ3) is 3.32. The number of halogens is 1. The van der Waals surface area contributed by atoms with Crippen molar-refractivity contribution in [3.63, 3.8) is 0 Å². The number of likely N-dealkylation sites (N-methyl/N-ethyl adjacent to an activating group) is 1. The molecule has 2 N–H and O–H groups in total. The molecule has 0 spiro atoms. The molecule has 0 atom stereocenters. The van der Waals surface area contributed by atoms with E-state index in [0.29, 0.717) is 5.56 Å². The average molecular weight is 293 g/mol. The SMILES string of the molecule is Cc1c(N)cc(C(=O)N(C)CC(=O)N2CCCC2)cc1F. The highest BCUT2D eigenvalue weighted by Crippen LogP contribution is 2.18. The Hall–Kier alpha value is -2.11. The summed E-state index contributed by atoms with van der Waals surface area (Å²) in [6.07, 6.45) is 2.01. The Morgan fingerprint density at radius 2 is 1.95 bits per heavy atom. The van der Waals surface area contributed by atoms with Crippen molar-refractivity contribution in [3.05, 3.63) is 29.1 Å². The fourth-order valence-corrected chi connectivity index (χ4v) is 2.39. The molecule has 21 heavy (non-hydrogen) atoms. The van der Waals surface area contributed by atoms with Gasteiger partial charge in [0.05, 0.1) is 6.54 Å². The van der Waals surface area contributed by atoms with E-state index in [2.05, 4.69) is 0 Å². The van der Waals surface area contributed by atoms with Crippen LogP contribution in [0.5, 0.6) is 0 Å². The van der Waals surface area contributed by atoms with Crippen LogP contribution in [0, 0.1) is 12.7 Å². The Morgan fingerprint density at radius 1 is 1.33 bits per heavy atom. The molecule has 1 fully saturated rings. The predicted octanol–water partition coefficient (Wildman–Crippen LogP) is 1.41. The van der Waals surface area contributed by atoms with Crippen LogP contribution >= 0.6 is 0 Å². The number of amides is 2. The molecule has 5 nitrogen and oxygen atoms in total. The highest BCUT2D eigenvalue weighted by atomic mass is 19.1. The Bertz CT molecular complexity index is 545. The molecule has 0 bridgehead atoms. The standard InChI is InChI=1S/C15H20FN3O2/c1-10-12(16)7-11(8-13(10)17)15(21)18(2)9-14(20)19-5-3-4-6-19/h7-8H,3-6,9,17H2,1-2H3. The van der Waals surface area contributed by atoms with Crippen molar-refractivity contribution in [1.29, 1.82) is 0 Å². The number of carbonyl (C=O) groups excluding carboxylic acids is 2. The van der Waals surface area contributed by atoms with Crippen LogP contribution in [0.3, 0.4) is 0 Å². The number of carbonyl (C=O) groups is 2. The molecule has 1 aliphatic heterocycles. The smallest absolute Gasteiger partial charge is 0.254 e. The van der Waals surface area contributed by atoms with Gasteiger partial charge in [0.2, 0.25) is 5.91 Å². The van der Waals surface area contributed by atoms with Gasteiger partial charge in [0.1, 0.15) is 5.82 Å². The molecule has 2 rings (SSSR count). The van der Waals surface area contributed by atoms with Gasteiger partial charge in [-0.25, -0.2) is 4.39 Å². The Balaban J connectivity index is 2.06. The fourth-order valence-electron chi connectivity index (χ4n) is 2.39. The minimum absolute atomic E-state index is 0.00572. The Morgan fingerprint density at radius 3 is 2.52 bits per heavy atom. The molecule has 0 saturated carbocycles. The van der Waals surface area contributed by atoms with Crippen molar-refractivity contribution in [3.8, 4) is 0 Å². The zero-order valence-electron chi connectivity index (χ0n) is 12.4. The van der Waals surface area contributed by atoms with Gasteiger partial charge in [-0.1, -0.05) is 0 Å². The molecular formula is C15H20FN3O2. The average Bonchev–Trinajstić information content (AvgIpc) is 2.97. The second-order valence-electron chi connectivity index (χ2n) is 5.42. The lowest BCUT2D eigenvalue weighted by molar-refractivity contribution is -0.130. The third-order valence-corrected chi connectivity index (χ3v) is 3.81.